The highest BCUT2D eigenvalue weighted by Gasteiger charge is 2.27. The van der Waals surface area contributed by atoms with Gasteiger partial charge in [-0.3, -0.25) is 10.1 Å². The van der Waals surface area contributed by atoms with Gasteiger partial charge in [0.1, 0.15) is 17.3 Å². The molecule has 1 saturated heterocycles. The molecule has 0 bridgehead atoms. The van der Waals surface area contributed by atoms with Crippen LogP contribution in [0.3, 0.4) is 0 Å². The molecule has 0 unspecified atom stereocenters. The van der Waals surface area contributed by atoms with Crippen LogP contribution in [0.2, 0.25) is 0 Å². The van der Waals surface area contributed by atoms with Crippen molar-refractivity contribution >= 4 is 11.5 Å². The number of pyridine rings is 1. The van der Waals surface area contributed by atoms with Crippen LogP contribution in [-0.4, -0.2) is 32.0 Å². The fraction of sp³-hybridized carbons (Fsp3) is 0.467. The zero-order valence-electron chi connectivity index (χ0n) is 12.8. The van der Waals surface area contributed by atoms with E-state index in [0.29, 0.717) is 11.7 Å². The molecule has 3 heterocycles. The second-order valence-electron chi connectivity index (χ2n) is 5.65. The van der Waals surface area contributed by atoms with Gasteiger partial charge in [0, 0.05) is 37.6 Å². The third kappa shape index (κ3) is 2.66. The molecule has 0 spiro atoms. The second kappa shape index (κ2) is 5.75. The standard InChI is InChI=1S/C15H19N5O2/c1-11-14(20(21)22)5-6-15(17-11)19-8-3-4-13(19)10-18-9-7-16-12(18)2/h5-7,9,13H,3-4,8,10H2,1-2H3/t13-/m1/s1. The molecule has 2 aromatic rings. The van der Waals surface area contributed by atoms with E-state index in [9.17, 15) is 10.1 Å². The highest BCUT2D eigenvalue weighted by atomic mass is 16.6. The number of hydrogen-bond acceptors (Lipinski definition) is 5. The molecule has 7 nitrogen and oxygen atoms in total. The van der Waals surface area contributed by atoms with Crippen LogP contribution >= 0.6 is 0 Å². The Bertz CT molecular complexity index is 697. The molecule has 0 amide bonds. The van der Waals surface area contributed by atoms with E-state index >= 15 is 0 Å². The van der Waals surface area contributed by atoms with Crippen LogP contribution in [0.25, 0.3) is 0 Å². The predicted octanol–water partition coefficient (Wildman–Crippen LogP) is 2.47. The minimum absolute atomic E-state index is 0.0740. The molecule has 1 aliphatic heterocycles. The first kappa shape index (κ1) is 14.5. The fourth-order valence-electron chi connectivity index (χ4n) is 3.04. The van der Waals surface area contributed by atoms with Gasteiger partial charge >= 0.3 is 0 Å². The van der Waals surface area contributed by atoms with Crippen LogP contribution in [0, 0.1) is 24.0 Å². The second-order valence-corrected chi connectivity index (χ2v) is 5.65. The van der Waals surface area contributed by atoms with Crippen molar-refractivity contribution in [1.29, 1.82) is 0 Å². The summed E-state index contributed by atoms with van der Waals surface area (Å²) in [4.78, 5) is 21.5. The Morgan fingerprint density at radius 3 is 2.86 bits per heavy atom. The van der Waals surface area contributed by atoms with Crippen molar-refractivity contribution < 1.29 is 4.92 Å². The summed E-state index contributed by atoms with van der Waals surface area (Å²) in [7, 11) is 0. The minimum atomic E-state index is -0.386. The number of nitrogens with zero attached hydrogens (tertiary/aromatic N) is 5. The molecule has 0 aromatic carbocycles. The molecule has 1 fully saturated rings. The number of rotatable bonds is 4. The van der Waals surface area contributed by atoms with Crippen LogP contribution in [0.5, 0.6) is 0 Å². The number of hydrogen-bond donors (Lipinski definition) is 0. The van der Waals surface area contributed by atoms with E-state index in [-0.39, 0.29) is 10.6 Å². The molecule has 0 radical (unpaired) electrons. The first-order chi connectivity index (χ1) is 10.6. The minimum Gasteiger partial charge on any atom is -0.352 e. The molecule has 7 heteroatoms. The summed E-state index contributed by atoms with van der Waals surface area (Å²) in [6.07, 6.45) is 5.99. The third-order valence-electron chi connectivity index (χ3n) is 4.24. The lowest BCUT2D eigenvalue weighted by atomic mass is 10.2. The van der Waals surface area contributed by atoms with Crippen molar-refractivity contribution in [3.63, 3.8) is 0 Å². The van der Waals surface area contributed by atoms with E-state index in [0.717, 1.165) is 37.6 Å². The molecule has 1 atom stereocenters. The molecule has 22 heavy (non-hydrogen) atoms. The molecule has 0 saturated carbocycles. The fourth-order valence-corrected chi connectivity index (χ4v) is 3.04. The number of nitro groups is 1. The Balaban J connectivity index is 1.82. The quantitative estimate of drug-likeness (QED) is 0.640. The summed E-state index contributed by atoms with van der Waals surface area (Å²) in [5.41, 5.74) is 0.539. The number of aryl methyl sites for hydroxylation is 2. The van der Waals surface area contributed by atoms with E-state index in [4.69, 9.17) is 0 Å². The average molecular weight is 301 g/mol. The summed E-state index contributed by atoms with van der Waals surface area (Å²) < 4.78 is 2.14. The largest absolute Gasteiger partial charge is 0.352 e. The maximum absolute atomic E-state index is 10.9. The van der Waals surface area contributed by atoms with Crippen LogP contribution in [0.15, 0.2) is 24.5 Å². The molecular weight excluding hydrogens is 282 g/mol. The molecular formula is C15H19N5O2. The van der Waals surface area contributed by atoms with Gasteiger partial charge in [0.2, 0.25) is 0 Å². The highest BCUT2D eigenvalue weighted by Crippen LogP contribution is 2.27. The van der Waals surface area contributed by atoms with Gasteiger partial charge in [-0.2, -0.15) is 0 Å². The maximum Gasteiger partial charge on any atom is 0.290 e. The van der Waals surface area contributed by atoms with Crippen molar-refractivity contribution in [1.82, 2.24) is 14.5 Å². The smallest absolute Gasteiger partial charge is 0.290 e. The van der Waals surface area contributed by atoms with Crippen LogP contribution < -0.4 is 4.90 Å². The van der Waals surface area contributed by atoms with E-state index in [1.54, 1.807) is 19.1 Å². The number of aromatic nitrogens is 3. The Labute approximate surface area is 128 Å². The monoisotopic (exact) mass is 301 g/mol. The number of anilines is 1. The average Bonchev–Trinajstić information content (AvgIpc) is 3.09. The van der Waals surface area contributed by atoms with E-state index < -0.39 is 0 Å². The van der Waals surface area contributed by atoms with Crippen molar-refractivity contribution in [3.05, 3.63) is 46.2 Å². The molecule has 2 aromatic heterocycles. The normalized spacial score (nSPS) is 17.9. The van der Waals surface area contributed by atoms with E-state index in [1.165, 1.54) is 0 Å². The lowest BCUT2D eigenvalue weighted by molar-refractivity contribution is -0.385. The van der Waals surface area contributed by atoms with E-state index in [2.05, 4.69) is 19.4 Å². The third-order valence-corrected chi connectivity index (χ3v) is 4.24. The van der Waals surface area contributed by atoms with Crippen molar-refractivity contribution in [2.75, 3.05) is 11.4 Å². The molecule has 1 aliphatic rings. The first-order valence-electron chi connectivity index (χ1n) is 7.42. The Morgan fingerprint density at radius 2 is 2.23 bits per heavy atom. The summed E-state index contributed by atoms with van der Waals surface area (Å²) in [5.74, 6) is 1.82. The first-order valence-corrected chi connectivity index (χ1v) is 7.42. The lowest BCUT2D eigenvalue weighted by Gasteiger charge is -2.26. The van der Waals surface area contributed by atoms with Crippen LogP contribution in [0.1, 0.15) is 24.4 Å². The van der Waals surface area contributed by atoms with Crippen molar-refractivity contribution in [2.45, 2.75) is 39.3 Å². The van der Waals surface area contributed by atoms with Crippen molar-refractivity contribution in [2.24, 2.45) is 0 Å². The Morgan fingerprint density at radius 1 is 1.41 bits per heavy atom. The lowest BCUT2D eigenvalue weighted by Crippen LogP contribution is -2.33. The van der Waals surface area contributed by atoms with Crippen molar-refractivity contribution in [3.8, 4) is 0 Å². The van der Waals surface area contributed by atoms with Gasteiger partial charge in [0.05, 0.1) is 4.92 Å². The van der Waals surface area contributed by atoms with Gasteiger partial charge < -0.3 is 9.47 Å². The summed E-state index contributed by atoms with van der Waals surface area (Å²) in [6.45, 7) is 5.48. The number of imidazole rings is 1. The highest BCUT2D eigenvalue weighted by molar-refractivity contribution is 5.48. The summed E-state index contributed by atoms with van der Waals surface area (Å²) in [6, 6.07) is 3.65. The topological polar surface area (TPSA) is 77.1 Å². The Kier molecular flexibility index (Phi) is 3.79. The summed E-state index contributed by atoms with van der Waals surface area (Å²) in [5, 5.41) is 10.9. The molecule has 0 N–H and O–H groups in total. The molecule has 116 valence electrons. The van der Waals surface area contributed by atoms with Crippen LogP contribution in [-0.2, 0) is 6.54 Å². The maximum atomic E-state index is 10.9. The predicted molar refractivity (Wildman–Crippen MR) is 83.0 cm³/mol. The molecule has 0 aliphatic carbocycles. The summed E-state index contributed by atoms with van der Waals surface area (Å²) >= 11 is 0. The Hall–Kier alpha value is -2.44. The zero-order chi connectivity index (χ0) is 15.7. The van der Waals surface area contributed by atoms with Gasteiger partial charge in [0.25, 0.3) is 5.69 Å². The van der Waals surface area contributed by atoms with Crippen LogP contribution in [0.4, 0.5) is 11.5 Å². The van der Waals surface area contributed by atoms with Gasteiger partial charge in [-0.1, -0.05) is 0 Å². The molecule has 3 rings (SSSR count). The van der Waals surface area contributed by atoms with Gasteiger partial charge in [0.15, 0.2) is 0 Å². The van der Waals surface area contributed by atoms with Gasteiger partial charge in [-0.25, -0.2) is 9.97 Å². The SMILES string of the molecule is Cc1nc(N2CCC[C@@H]2Cn2ccnc2C)ccc1[N+](=O)[O-]. The van der Waals surface area contributed by atoms with E-state index in [1.807, 2.05) is 19.3 Å². The zero-order valence-corrected chi connectivity index (χ0v) is 12.8. The van der Waals surface area contributed by atoms with Gasteiger partial charge in [-0.05, 0) is 32.8 Å². The van der Waals surface area contributed by atoms with Gasteiger partial charge in [-0.15, -0.1) is 0 Å².